The standard InChI is InChI=1S/C21H29F2N3O3/c22-21(23)29-18-7-5-16(6-8-18)15-19(27)24-9-10-25-11-13-26(14-12-25)20(28)17-3-1-2-4-17/h5-8,17,21H,1-4,9-15H2,(H,24,27). The van der Waals surface area contributed by atoms with E-state index in [2.05, 4.69) is 15.0 Å². The second-order valence-corrected chi connectivity index (χ2v) is 7.70. The number of nitrogens with one attached hydrogen (secondary N) is 1. The summed E-state index contributed by atoms with van der Waals surface area (Å²) in [6, 6.07) is 6.08. The number of amides is 2. The lowest BCUT2D eigenvalue weighted by atomic mass is 10.1. The maximum atomic E-state index is 12.5. The van der Waals surface area contributed by atoms with E-state index in [0.29, 0.717) is 12.5 Å². The molecular weight excluding hydrogens is 380 g/mol. The molecule has 8 heteroatoms. The van der Waals surface area contributed by atoms with E-state index in [9.17, 15) is 18.4 Å². The molecule has 0 unspecified atom stereocenters. The van der Waals surface area contributed by atoms with Crippen molar-refractivity contribution in [2.75, 3.05) is 39.3 Å². The first-order valence-corrected chi connectivity index (χ1v) is 10.3. The highest BCUT2D eigenvalue weighted by atomic mass is 19.3. The number of ether oxygens (including phenoxy) is 1. The first-order valence-electron chi connectivity index (χ1n) is 10.3. The average molecular weight is 409 g/mol. The first-order chi connectivity index (χ1) is 14.0. The van der Waals surface area contributed by atoms with Crippen LogP contribution >= 0.6 is 0 Å². The Bertz CT molecular complexity index is 670. The van der Waals surface area contributed by atoms with Gasteiger partial charge in [0.1, 0.15) is 5.75 Å². The van der Waals surface area contributed by atoms with Crippen LogP contribution in [-0.2, 0) is 16.0 Å². The topological polar surface area (TPSA) is 61.9 Å². The van der Waals surface area contributed by atoms with E-state index in [0.717, 1.165) is 51.1 Å². The van der Waals surface area contributed by atoms with E-state index in [1.54, 1.807) is 12.1 Å². The Morgan fingerprint density at radius 2 is 1.72 bits per heavy atom. The maximum Gasteiger partial charge on any atom is 0.387 e. The zero-order valence-corrected chi connectivity index (χ0v) is 16.6. The number of carbonyl (C=O) groups excluding carboxylic acids is 2. The molecule has 1 aliphatic heterocycles. The first kappa shape index (κ1) is 21.5. The van der Waals surface area contributed by atoms with Gasteiger partial charge in [0.15, 0.2) is 0 Å². The van der Waals surface area contributed by atoms with Gasteiger partial charge in [-0.25, -0.2) is 0 Å². The molecule has 0 atom stereocenters. The molecule has 1 aliphatic carbocycles. The predicted molar refractivity (Wildman–Crippen MR) is 105 cm³/mol. The van der Waals surface area contributed by atoms with E-state index in [4.69, 9.17) is 0 Å². The third kappa shape index (κ3) is 6.66. The van der Waals surface area contributed by atoms with Crippen LogP contribution in [0.3, 0.4) is 0 Å². The molecule has 0 aromatic heterocycles. The lowest BCUT2D eigenvalue weighted by molar-refractivity contribution is -0.137. The Morgan fingerprint density at radius 1 is 1.07 bits per heavy atom. The lowest BCUT2D eigenvalue weighted by Gasteiger charge is -2.36. The predicted octanol–water partition coefficient (Wildman–Crippen LogP) is 2.28. The average Bonchev–Trinajstić information content (AvgIpc) is 3.24. The number of halogens is 2. The molecule has 1 N–H and O–H groups in total. The lowest BCUT2D eigenvalue weighted by Crippen LogP contribution is -2.51. The molecule has 6 nitrogen and oxygen atoms in total. The summed E-state index contributed by atoms with van der Waals surface area (Å²) in [5.41, 5.74) is 0.739. The Labute approximate surface area is 170 Å². The number of alkyl halides is 2. The molecule has 29 heavy (non-hydrogen) atoms. The van der Waals surface area contributed by atoms with E-state index >= 15 is 0 Å². The molecule has 3 rings (SSSR count). The van der Waals surface area contributed by atoms with Crippen LogP contribution in [0, 0.1) is 5.92 Å². The fourth-order valence-electron chi connectivity index (χ4n) is 4.01. The van der Waals surface area contributed by atoms with Crippen molar-refractivity contribution in [2.24, 2.45) is 5.92 Å². The molecule has 1 saturated carbocycles. The summed E-state index contributed by atoms with van der Waals surface area (Å²) in [5, 5.41) is 2.89. The van der Waals surface area contributed by atoms with Crippen LogP contribution in [0.1, 0.15) is 31.2 Å². The van der Waals surface area contributed by atoms with Gasteiger partial charge in [0.2, 0.25) is 11.8 Å². The second kappa shape index (κ2) is 10.5. The van der Waals surface area contributed by atoms with Crippen LogP contribution in [0.25, 0.3) is 0 Å². The minimum absolute atomic E-state index is 0.0784. The number of piperazine rings is 1. The quantitative estimate of drug-likeness (QED) is 0.716. The van der Waals surface area contributed by atoms with Gasteiger partial charge in [-0.2, -0.15) is 8.78 Å². The summed E-state index contributed by atoms with van der Waals surface area (Å²) >= 11 is 0. The van der Waals surface area contributed by atoms with E-state index < -0.39 is 6.61 Å². The molecule has 1 heterocycles. The van der Waals surface area contributed by atoms with E-state index in [-0.39, 0.29) is 24.0 Å². The van der Waals surface area contributed by atoms with Crippen molar-refractivity contribution in [1.29, 1.82) is 0 Å². The van der Waals surface area contributed by atoms with Crippen molar-refractivity contribution >= 4 is 11.8 Å². The molecule has 2 amide bonds. The highest BCUT2D eigenvalue weighted by Gasteiger charge is 2.29. The Balaban J connectivity index is 1.31. The molecule has 1 aromatic rings. The molecule has 1 saturated heterocycles. The van der Waals surface area contributed by atoms with Crippen molar-refractivity contribution in [3.05, 3.63) is 29.8 Å². The Hall–Kier alpha value is -2.22. The zero-order chi connectivity index (χ0) is 20.6. The van der Waals surface area contributed by atoms with Crippen molar-refractivity contribution < 1.29 is 23.1 Å². The number of hydrogen-bond donors (Lipinski definition) is 1. The van der Waals surface area contributed by atoms with Gasteiger partial charge in [0.25, 0.3) is 0 Å². The molecule has 2 aliphatic rings. The summed E-state index contributed by atoms with van der Waals surface area (Å²) in [7, 11) is 0. The van der Waals surface area contributed by atoms with Crippen LogP contribution in [0.4, 0.5) is 8.78 Å². The van der Waals surface area contributed by atoms with Crippen molar-refractivity contribution in [3.63, 3.8) is 0 Å². The number of nitrogens with zero attached hydrogens (tertiary/aromatic N) is 2. The van der Waals surface area contributed by atoms with Crippen molar-refractivity contribution in [3.8, 4) is 5.75 Å². The largest absolute Gasteiger partial charge is 0.435 e. The molecule has 0 spiro atoms. The van der Waals surface area contributed by atoms with Gasteiger partial charge in [-0.1, -0.05) is 25.0 Å². The van der Waals surface area contributed by atoms with Gasteiger partial charge >= 0.3 is 6.61 Å². The summed E-state index contributed by atoms with van der Waals surface area (Å²) in [4.78, 5) is 28.8. The van der Waals surface area contributed by atoms with Gasteiger partial charge in [-0.3, -0.25) is 14.5 Å². The molecular formula is C21H29F2N3O3. The summed E-state index contributed by atoms with van der Waals surface area (Å²) in [6.07, 6.45) is 4.60. The van der Waals surface area contributed by atoms with Gasteiger partial charge in [-0.05, 0) is 30.5 Å². The van der Waals surface area contributed by atoms with Gasteiger partial charge in [0, 0.05) is 45.2 Å². The van der Waals surface area contributed by atoms with E-state index in [1.165, 1.54) is 25.0 Å². The number of hydrogen-bond acceptors (Lipinski definition) is 4. The fraction of sp³-hybridized carbons (Fsp3) is 0.619. The molecule has 2 fully saturated rings. The maximum absolute atomic E-state index is 12.5. The third-order valence-corrected chi connectivity index (χ3v) is 5.65. The highest BCUT2D eigenvalue weighted by molar-refractivity contribution is 5.79. The molecule has 160 valence electrons. The van der Waals surface area contributed by atoms with Crippen molar-refractivity contribution in [2.45, 2.75) is 38.7 Å². The fourth-order valence-corrected chi connectivity index (χ4v) is 4.01. The molecule has 1 aromatic carbocycles. The van der Waals surface area contributed by atoms with Crippen LogP contribution in [0.5, 0.6) is 5.75 Å². The Morgan fingerprint density at radius 3 is 2.34 bits per heavy atom. The molecule has 0 radical (unpaired) electrons. The minimum atomic E-state index is -2.85. The number of carbonyl (C=O) groups is 2. The van der Waals surface area contributed by atoms with Gasteiger partial charge in [-0.15, -0.1) is 0 Å². The summed E-state index contributed by atoms with van der Waals surface area (Å²) < 4.78 is 28.6. The van der Waals surface area contributed by atoms with Crippen LogP contribution in [-0.4, -0.2) is 67.5 Å². The van der Waals surface area contributed by atoms with E-state index in [1.807, 2.05) is 4.90 Å². The molecule has 0 bridgehead atoms. The number of rotatable bonds is 8. The van der Waals surface area contributed by atoms with Crippen molar-refractivity contribution in [1.82, 2.24) is 15.1 Å². The Kier molecular flexibility index (Phi) is 7.80. The second-order valence-electron chi connectivity index (χ2n) is 7.70. The highest BCUT2D eigenvalue weighted by Crippen LogP contribution is 2.26. The van der Waals surface area contributed by atoms with Gasteiger partial charge in [0.05, 0.1) is 6.42 Å². The van der Waals surface area contributed by atoms with Crippen LogP contribution < -0.4 is 10.1 Å². The summed E-state index contributed by atoms with van der Waals surface area (Å²) in [5.74, 6) is 0.523. The third-order valence-electron chi connectivity index (χ3n) is 5.65. The monoisotopic (exact) mass is 409 g/mol. The smallest absolute Gasteiger partial charge is 0.387 e. The van der Waals surface area contributed by atoms with Gasteiger partial charge < -0.3 is 15.0 Å². The number of benzene rings is 1. The zero-order valence-electron chi connectivity index (χ0n) is 16.6. The minimum Gasteiger partial charge on any atom is -0.435 e. The summed E-state index contributed by atoms with van der Waals surface area (Å²) in [6.45, 7) is 1.62. The van der Waals surface area contributed by atoms with Crippen LogP contribution in [0.2, 0.25) is 0 Å². The normalized spacial score (nSPS) is 18.2. The van der Waals surface area contributed by atoms with Crippen LogP contribution in [0.15, 0.2) is 24.3 Å². The SMILES string of the molecule is O=C(Cc1ccc(OC(F)F)cc1)NCCN1CCN(C(=O)C2CCCC2)CC1.